The lowest BCUT2D eigenvalue weighted by molar-refractivity contribution is -0.0626. The molecule has 0 radical (unpaired) electrons. The molecule has 0 spiro atoms. The van der Waals surface area contributed by atoms with Gasteiger partial charge in [-0.2, -0.15) is 0 Å². The molecule has 4 atom stereocenters. The van der Waals surface area contributed by atoms with E-state index in [-0.39, 0.29) is 0 Å². The van der Waals surface area contributed by atoms with Crippen LogP contribution in [0.4, 0.5) is 0 Å². The zero-order valence-electron chi connectivity index (χ0n) is 8.05. The van der Waals surface area contributed by atoms with Crippen LogP contribution in [0, 0.1) is 17.8 Å². The second-order valence-electron chi connectivity index (χ2n) is 4.48. The Balaban J connectivity index is 2.14. The lowest BCUT2D eigenvalue weighted by atomic mass is 9.69. The van der Waals surface area contributed by atoms with Crippen LogP contribution in [0.5, 0.6) is 0 Å². The van der Waals surface area contributed by atoms with Gasteiger partial charge in [-0.3, -0.25) is 0 Å². The number of hydrogen-bond donors (Lipinski definition) is 0. The zero-order chi connectivity index (χ0) is 8.72. The Morgan fingerprint density at radius 3 is 2.92 bits per heavy atom. The van der Waals surface area contributed by atoms with Gasteiger partial charge in [0, 0.05) is 5.92 Å². The molecule has 0 aromatic carbocycles. The number of hydrogen-bond acceptors (Lipinski definition) is 1. The summed E-state index contributed by atoms with van der Waals surface area (Å²) in [6.45, 7) is 9.64. The molecule has 1 aliphatic carbocycles. The second kappa shape index (κ2) is 2.88. The lowest BCUT2D eigenvalue weighted by Gasteiger charge is -2.43. The van der Waals surface area contributed by atoms with Crippen LogP contribution in [0.15, 0.2) is 12.2 Å². The maximum atomic E-state index is 5.72. The van der Waals surface area contributed by atoms with Crippen molar-refractivity contribution in [2.75, 3.05) is 6.61 Å². The van der Waals surface area contributed by atoms with Crippen molar-refractivity contribution >= 4 is 0 Å². The van der Waals surface area contributed by atoms with Crippen LogP contribution >= 0.6 is 0 Å². The third-order valence-corrected chi connectivity index (χ3v) is 3.61. The first-order valence-electron chi connectivity index (χ1n) is 4.97. The Labute approximate surface area is 74.8 Å². The average molecular weight is 166 g/mol. The Morgan fingerprint density at radius 1 is 1.42 bits per heavy atom. The fourth-order valence-corrected chi connectivity index (χ4v) is 2.60. The average Bonchev–Trinajstić information content (AvgIpc) is 2.03. The summed E-state index contributed by atoms with van der Waals surface area (Å²) < 4.78 is 5.72. The predicted molar refractivity (Wildman–Crippen MR) is 49.9 cm³/mol. The third kappa shape index (κ3) is 1.20. The SMILES string of the molecule is C=C1C[C@@H](C)[C@H]2CO[C@@H](C)[C@@H]1C2. The molecule has 1 saturated carbocycles. The van der Waals surface area contributed by atoms with E-state index in [1.807, 2.05) is 0 Å². The summed E-state index contributed by atoms with van der Waals surface area (Å²) in [4.78, 5) is 0. The molecule has 1 heterocycles. The largest absolute Gasteiger partial charge is 0.378 e. The molecule has 1 saturated heterocycles. The van der Waals surface area contributed by atoms with Crippen LogP contribution in [-0.2, 0) is 4.74 Å². The minimum absolute atomic E-state index is 0.418. The molecule has 1 aliphatic heterocycles. The smallest absolute Gasteiger partial charge is 0.0612 e. The second-order valence-corrected chi connectivity index (χ2v) is 4.48. The van der Waals surface area contributed by atoms with Crippen molar-refractivity contribution in [1.82, 2.24) is 0 Å². The Morgan fingerprint density at radius 2 is 2.17 bits per heavy atom. The molecule has 1 heteroatoms. The van der Waals surface area contributed by atoms with Gasteiger partial charge < -0.3 is 4.74 Å². The predicted octanol–water partition coefficient (Wildman–Crippen LogP) is 2.62. The van der Waals surface area contributed by atoms with Crippen LogP contribution < -0.4 is 0 Å². The van der Waals surface area contributed by atoms with Crippen molar-refractivity contribution in [2.45, 2.75) is 32.8 Å². The maximum Gasteiger partial charge on any atom is 0.0612 e. The summed E-state index contributed by atoms with van der Waals surface area (Å²) in [5.74, 6) is 2.25. The van der Waals surface area contributed by atoms with Crippen LogP contribution in [-0.4, -0.2) is 12.7 Å². The van der Waals surface area contributed by atoms with E-state index in [1.54, 1.807) is 0 Å². The van der Waals surface area contributed by atoms with Gasteiger partial charge in [0.2, 0.25) is 0 Å². The van der Waals surface area contributed by atoms with E-state index < -0.39 is 0 Å². The standard InChI is InChI=1S/C11H18O/c1-7-4-8(2)11-5-10(7)6-12-9(11)3/h7,9-11H,2,4-6H2,1,3H3/t7-,9+,10-,11-/m1/s1. The highest BCUT2D eigenvalue weighted by atomic mass is 16.5. The summed E-state index contributed by atoms with van der Waals surface area (Å²) in [5, 5.41) is 0. The van der Waals surface area contributed by atoms with Crippen molar-refractivity contribution in [3.05, 3.63) is 12.2 Å². The molecule has 0 aromatic rings. The maximum absolute atomic E-state index is 5.72. The van der Waals surface area contributed by atoms with E-state index in [0.29, 0.717) is 12.0 Å². The van der Waals surface area contributed by atoms with Gasteiger partial charge in [-0.25, -0.2) is 0 Å². The fourth-order valence-electron chi connectivity index (χ4n) is 2.60. The van der Waals surface area contributed by atoms with Crippen LogP contribution in [0.1, 0.15) is 26.7 Å². The first-order valence-corrected chi connectivity index (χ1v) is 4.97. The van der Waals surface area contributed by atoms with Gasteiger partial charge >= 0.3 is 0 Å². The molecule has 0 N–H and O–H groups in total. The third-order valence-electron chi connectivity index (χ3n) is 3.61. The Kier molecular flexibility index (Phi) is 1.99. The van der Waals surface area contributed by atoms with Crippen molar-refractivity contribution in [3.8, 4) is 0 Å². The molecule has 0 amide bonds. The molecule has 0 unspecified atom stereocenters. The minimum Gasteiger partial charge on any atom is -0.378 e. The quantitative estimate of drug-likeness (QED) is 0.503. The van der Waals surface area contributed by atoms with E-state index in [2.05, 4.69) is 20.4 Å². The van der Waals surface area contributed by atoms with Crippen LogP contribution in [0.2, 0.25) is 0 Å². The van der Waals surface area contributed by atoms with Gasteiger partial charge in [-0.15, -0.1) is 0 Å². The highest BCUT2D eigenvalue weighted by molar-refractivity contribution is 5.10. The zero-order valence-corrected chi connectivity index (χ0v) is 8.05. The molecule has 2 aliphatic rings. The highest BCUT2D eigenvalue weighted by Crippen LogP contribution is 2.42. The topological polar surface area (TPSA) is 9.23 Å². The summed E-state index contributed by atoms with van der Waals surface area (Å²) in [7, 11) is 0. The van der Waals surface area contributed by atoms with Gasteiger partial charge in [0.25, 0.3) is 0 Å². The monoisotopic (exact) mass is 166 g/mol. The van der Waals surface area contributed by atoms with Gasteiger partial charge in [0.1, 0.15) is 0 Å². The van der Waals surface area contributed by atoms with Gasteiger partial charge in [0.15, 0.2) is 0 Å². The summed E-state index contributed by atoms with van der Waals surface area (Å²) in [6.07, 6.45) is 2.96. The molecular formula is C11H18O. The Hall–Kier alpha value is -0.300. The van der Waals surface area contributed by atoms with E-state index in [4.69, 9.17) is 4.74 Å². The summed E-state index contributed by atoms with van der Waals surface area (Å²) in [5.41, 5.74) is 1.42. The molecule has 68 valence electrons. The van der Waals surface area contributed by atoms with Crippen molar-refractivity contribution in [3.63, 3.8) is 0 Å². The lowest BCUT2D eigenvalue weighted by Crippen LogP contribution is -2.40. The van der Waals surface area contributed by atoms with Crippen molar-refractivity contribution in [1.29, 1.82) is 0 Å². The summed E-state index contributed by atoms with van der Waals surface area (Å²) in [6, 6.07) is 0. The number of fused-ring (bicyclic) bond motifs is 2. The van der Waals surface area contributed by atoms with Gasteiger partial charge in [-0.1, -0.05) is 19.1 Å². The number of rotatable bonds is 0. The van der Waals surface area contributed by atoms with Gasteiger partial charge in [-0.05, 0) is 31.6 Å². The van der Waals surface area contributed by atoms with E-state index in [1.165, 1.54) is 18.4 Å². The molecule has 0 aromatic heterocycles. The first kappa shape index (κ1) is 8.31. The molecule has 2 bridgehead atoms. The van der Waals surface area contributed by atoms with E-state index in [9.17, 15) is 0 Å². The van der Waals surface area contributed by atoms with E-state index >= 15 is 0 Å². The minimum atomic E-state index is 0.418. The number of ether oxygens (including phenoxy) is 1. The highest BCUT2D eigenvalue weighted by Gasteiger charge is 2.37. The van der Waals surface area contributed by atoms with Crippen molar-refractivity contribution < 1.29 is 4.74 Å². The Bertz CT molecular complexity index is 197. The molecular weight excluding hydrogens is 148 g/mol. The summed E-state index contributed by atoms with van der Waals surface area (Å²) >= 11 is 0. The molecule has 2 rings (SSSR count). The van der Waals surface area contributed by atoms with E-state index in [0.717, 1.165) is 18.4 Å². The first-order chi connectivity index (χ1) is 5.68. The molecule has 12 heavy (non-hydrogen) atoms. The van der Waals surface area contributed by atoms with Crippen molar-refractivity contribution in [2.24, 2.45) is 17.8 Å². The van der Waals surface area contributed by atoms with Crippen LogP contribution in [0.25, 0.3) is 0 Å². The normalized spacial score (nSPS) is 47.7. The fraction of sp³-hybridized carbons (Fsp3) is 0.818. The molecule has 1 nitrogen and oxygen atoms in total. The molecule has 2 fully saturated rings. The van der Waals surface area contributed by atoms with Gasteiger partial charge in [0.05, 0.1) is 12.7 Å². The van der Waals surface area contributed by atoms with Crippen LogP contribution in [0.3, 0.4) is 0 Å².